The maximum absolute atomic E-state index is 12.8. The van der Waals surface area contributed by atoms with Crippen LogP contribution in [0.3, 0.4) is 0 Å². The highest BCUT2D eigenvalue weighted by molar-refractivity contribution is 7.89. The molecule has 1 fully saturated rings. The van der Waals surface area contributed by atoms with Crippen molar-refractivity contribution in [3.8, 4) is 0 Å². The van der Waals surface area contributed by atoms with Gasteiger partial charge < -0.3 is 5.32 Å². The van der Waals surface area contributed by atoms with Crippen LogP contribution in [-0.2, 0) is 22.9 Å². The van der Waals surface area contributed by atoms with Crippen molar-refractivity contribution in [3.63, 3.8) is 0 Å². The third-order valence-corrected chi connectivity index (χ3v) is 6.38. The van der Waals surface area contributed by atoms with Crippen LogP contribution < -0.4 is 5.32 Å². The smallest absolute Gasteiger partial charge is 0.243 e. The molecule has 0 aromatic heterocycles. The molecule has 1 heterocycles. The second-order valence-electron chi connectivity index (χ2n) is 5.81. The van der Waals surface area contributed by atoms with E-state index in [0.29, 0.717) is 11.4 Å². The van der Waals surface area contributed by atoms with Gasteiger partial charge in [0.25, 0.3) is 0 Å². The van der Waals surface area contributed by atoms with Crippen LogP contribution in [0.1, 0.15) is 30.9 Å². The highest BCUT2D eigenvalue weighted by Crippen LogP contribution is 2.26. The molecule has 3 rings (SSSR count). The van der Waals surface area contributed by atoms with Crippen LogP contribution in [-0.4, -0.2) is 38.4 Å². The van der Waals surface area contributed by atoms with Crippen LogP contribution in [0.15, 0.2) is 23.1 Å². The summed E-state index contributed by atoms with van der Waals surface area (Å²) in [7, 11) is -3.35. The Morgan fingerprint density at radius 1 is 1.19 bits per heavy atom. The average molecular weight is 331 g/mol. The first-order valence-corrected chi connectivity index (χ1v) is 8.87. The van der Waals surface area contributed by atoms with Crippen molar-refractivity contribution in [1.29, 1.82) is 0 Å². The molecule has 1 aromatic carbocycles. The summed E-state index contributed by atoms with van der Waals surface area (Å²) in [5.74, 6) is 0. The lowest BCUT2D eigenvalue weighted by molar-refractivity contribution is 0.284. The standard InChI is InChI=1S/C15H22N2O2S.ClH/c1-12-11-16-8-9-17(12)20(18,19)15-7-6-13-4-2-3-5-14(13)10-15;/h6-7,10,12,16H,2-5,8-9,11H2,1H3;1H/t12-;/m0./s1. The summed E-state index contributed by atoms with van der Waals surface area (Å²) < 4.78 is 27.2. The number of nitrogens with one attached hydrogen (secondary N) is 1. The lowest BCUT2D eigenvalue weighted by Crippen LogP contribution is -2.52. The Kier molecular flexibility index (Phi) is 5.30. The van der Waals surface area contributed by atoms with E-state index in [1.54, 1.807) is 10.4 Å². The van der Waals surface area contributed by atoms with Crippen molar-refractivity contribution >= 4 is 22.4 Å². The van der Waals surface area contributed by atoms with Gasteiger partial charge in [0.1, 0.15) is 0 Å². The van der Waals surface area contributed by atoms with Crippen LogP contribution >= 0.6 is 12.4 Å². The molecule has 1 aliphatic carbocycles. The fourth-order valence-electron chi connectivity index (χ4n) is 3.19. The van der Waals surface area contributed by atoms with E-state index in [1.165, 1.54) is 24.0 Å². The molecule has 1 N–H and O–H groups in total. The van der Waals surface area contributed by atoms with Crippen molar-refractivity contribution < 1.29 is 8.42 Å². The normalized spacial score (nSPS) is 23.2. The van der Waals surface area contributed by atoms with Crippen LogP contribution in [0.2, 0.25) is 0 Å². The van der Waals surface area contributed by atoms with E-state index >= 15 is 0 Å². The molecule has 21 heavy (non-hydrogen) atoms. The quantitative estimate of drug-likeness (QED) is 0.902. The van der Waals surface area contributed by atoms with Gasteiger partial charge in [-0.25, -0.2) is 8.42 Å². The van der Waals surface area contributed by atoms with E-state index in [2.05, 4.69) is 5.32 Å². The fourth-order valence-corrected chi connectivity index (χ4v) is 4.87. The molecular formula is C15H23ClN2O2S. The zero-order valence-corrected chi connectivity index (χ0v) is 14.0. The van der Waals surface area contributed by atoms with E-state index in [1.807, 2.05) is 19.1 Å². The minimum atomic E-state index is -3.35. The second-order valence-corrected chi connectivity index (χ2v) is 7.70. The molecule has 0 spiro atoms. The second kappa shape index (κ2) is 6.65. The predicted octanol–water partition coefficient (Wildman–Crippen LogP) is 1.97. The molecule has 1 atom stereocenters. The Hall–Kier alpha value is -0.620. The number of rotatable bonds is 2. The molecule has 1 aromatic rings. The number of benzene rings is 1. The number of piperazine rings is 1. The largest absolute Gasteiger partial charge is 0.314 e. The SMILES string of the molecule is C[C@H]1CNCCN1S(=O)(=O)c1ccc2c(c1)CCCC2.Cl. The van der Waals surface area contributed by atoms with Crippen molar-refractivity contribution in [1.82, 2.24) is 9.62 Å². The van der Waals surface area contributed by atoms with Crippen LogP contribution in [0.25, 0.3) is 0 Å². The molecular weight excluding hydrogens is 308 g/mol. The Bertz CT molecular complexity index is 604. The Morgan fingerprint density at radius 2 is 1.90 bits per heavy atom. The average Bonchev–Trinajstić information content (AvgIpc) is 2.47. The molecule has 1 aliphatic heterocycles. The molecule has 0 amide bonds. The third-order valence-electron chi connectivity index (χ3n) is 4.37. The van der Waals surface area contributed by atoms with Crippen molar-refractivity contribution in [2.45, 2.75) is 43.5 Å². The first-order valence-electron chi connectivity index (χ1n) is 7.43. The Morgan fingerprint density at radius 3 is 2.62 bits per heavy atom. The highest BCUT2D eigenvalue weighted by Gasteiger charge is 2.31. The van der Waals surface area contributed by atoms with Gasteiger partial charge in [0, 0.05) is 25.7 Å². The van der Waals surface area contributed by atoms with Gasteiger partial charge in [0.05, 0.1) is 4.90 Å². The molecule has 4 nitrogen and oxygen atoms in total. The van der Waals surface area contributed by atoms with Crippen molar-refractivity contribution in [3.05, 3.63) is 29.3 Å². The van der Waals surface area contributed by atoms with E-state index in [0.717, 1.165) is 25.9 Å². The third kappa shape index (κ3) is 3.26. The number of hydrogen-bond donors (Lipinski definition) is 1. The van der Waals surface area contributed by atoms with Crippen LogP contribution in [0.5, 0.6) is 0 Å². The van der Waals surface area contributed by atoms with E-state index in [-0.39, 0.29) is 18.4 Å². The monoisotopic (exact) mass is 330 g/mol. The lowest BCUT2D eigenvalue weighted by Gasteiger charge is -2.33. The van der Waals surface area contributed by atoms with Crippen LogP contribution in [0, 0.1) is 0 Å². The molecule has 1 saturated heterocycles. The van der Waals surface area contributed by atoms with Gasteiger partial charge in [0.2, 0.25) is 10.0 Å². The summed E-state index contributed by atoms with van der Waals surface area (Å²) >= 11 is 0. The van der Waals surface area contributed by atoms with Gasteiger partial charge in [-0.2, -0.15) is 4.31 Å². The summed E-state index contributed by atoms with van der Waals surface area (Å²) in [6.07, 6.45) is 4.48. The summed E-state index contributed by atoms with van der Waals surface area (Å²) in [5, 5.41) is 3.23. The Labute approximate surface area is 133 Å². The number of nitrogens with zero attached hydrogens (tertiary/aromatic N) is 1. The van der Waals surface area contributed by atoms with Gasteiger partial charge in [-0.05, 0) is 55.9 Å². The zero-order valence-electron chi connectivity index (χ0n) is 12.3. The van der Waals surface area contributed by atoms with Gasteiger partial charge in [-0.3, -0.25) is 0 Å². The molecule has 0 radical (unpaired) electrons. The number of fused-ring (bicyclic) bond motifs is 1. The number of sulfonamides is 1. The predicted molar refractivity (Wildman–Crippen MR) is 86.6 cm³/mol. The molecule has 6 heteroatoms. The van der Waals surface area contributed by atoms with Gasteiger partial charge in [-0.1, -0.05) is 6.07 Å². The number of hydrogen-bond acceptors (Lipinski definition) is 3. The lowest BCUT2D eigenvalue weighted by atomic mass is 9.92. The first kappa shape index (κ1) is 16.7. The number of halogens is 1. The topological polar surface area (TPSA) is 49.4 Å². The van der Waals surface area contributed by atoms with E-state index in [4.69, 9.17) is 0 Å². The summed E-state index contributed by atoms with van der Waals surface area (Å²) in [4.78, 5) is 0.465. The van der Waals surface area contributed by atoms with Gasteiger partial charge >= 0.3 is 0 Å². The minimum Gasteiger partial charge on any atom is -0.314 e. The summed E-state index contributed by atoms with van der Waals surface area (Å²) in [5.41, 5.74) is 2.55. The summed E-state index contributed by atoms with van der Waals surface area (Å²) in [6, 6.07) is 5.71. The molecule has 0 unspecified atom stereocenters. The molecule has 0 saturated carbocycles. The fraction of sp³-hybridized carbons (Fsp3) is 0.600. The van der Waals surface area contributed by atoms with Gasteiger partial charge in [0.15, 0.2) is 0 Å². The van der Waals surface area contributed by atoms with E-state index in [9.17, 15) is 8.42 Å². The van der Waals surface area contributed by atoms with Crippen molar-refractivity contribution in [2.24, 2.45) is 0 Å². The molecule has 118 valence electrons. The maximum Gasteiger partial charge on any atom is 0.243 e. The number of aryl methyl sites for hydroxylation is 2. The van der Waals surface area contributed by atoms with E-state index < -0.39 is 10.0 Å². The Balaban J connectivity index is 0.00000161. The zero-order chi connectivity index (χ0) is 14.2. The minimum absolute atomic E-state index is 0. The van der Waals surface area contributed by atoms with Gasteiger partial charge in [-0.15, -0.1) is 12.4 Å². The molecule has 2 aliphatic rings. The van der Waals surface area contributed by atoms with Crippen molar-refractivity contribution in [2.75, 3.05) is 19.6 Å². The first-order chi connectivity index (χ1) is 9.59. The summed E-state index contributed by atoms with van der Waals surface area (Å²) in [6.45, 7) is 3.97. The maximum atomic E-state index is 12.8. The molecule has 0 bridgehead atoms. The highest BCUT2D eigenvalue weighted by atomic mass is 35.5. The van der Waals surface area contributed by atoms with Crippen LogP contribution in [0.4, 0.5) is 0 Å².